The van der Waals surface area contributed by atoms with Crippen LogP contribution in [0.2, 0.25) is 0 Å². The predicted molar refractivity (Wildman–Crippen MR) is 124 cm³/mol. The maximum atomic E-state index is 5.67. The molecule has 1 aliphatic heterocycles. The molecule has 1 aromatic carbocycles. The second-order valence-corrected chi connectivity index (χ2v) is 7.04. The predicted octanol–water partition coefficient (Wildman–Crippen LogP) is 3.55. The van der Waals surface area contributed by atoms with Crippen LogP contribution in [0.1, 0.15) is 31.7 Å². The number of hydrogen-bond donors (Lipinski definition) is 2. The Morgan fingerprint density at radius 2 is 1.89 bits per heavy atom. The van der Waals surface area contributed by atoms with Gasteiger partial charge in [0.1, 0.15) is 0 Å². The first-order chi connectivity index (χ1) is 12.8. The molecule has 6 heteroatoms. The van der Waals surface area contributed by atoms with Crippen LogP contribution < -0.4 is 15.5 Å². The van der Waals surface area contributed by atoms with E-state index < -0.39 is 0 Å². The van der Waals surface area contributed by atoms with Crippen molar-refractivity contribution in [1.82, 2.24) is 10.6 Å². The van der Waals surface area contributed by atoms with E-state index in [1.165, 1.54) is 24.1 Å². The highest BCUT2D eigenvalue weighted by atomic mass is 127. The number of hydrogen-bond acceptors (Lipinski definition) is 3. The first-order valence-corrected chi connectivity index (χ1v) is 9.94. The molecule has 2 N–H and O–H groups in total. The molecule has 0 unspecified atom stereocenters. The van der Waals surface area contributed by atoms with E-state index >= 15 is 0 Å². The van der Waals surface area contributed by atoms with Gasteiger partial charge in [-0.25, -0.2) is 4.99 Å². The van der Waals surface area contributed by atoms with Crippen molar-refractivity contribution in [1.29, 1.82) is 0 Å². The van der Waals surface area contributed by atoms with Crippen LogP contribution in [0.15, 0.2) is 41.4 Å². The molecule has 1 fully saturated rings. The Bertz CT molecular complexity index is 591. The first kappa shape index (κ1) is 22.0. The molecule has 1 aromatic rings. The van der Waals surface area contributed by atoms with Crippen LogP contribution in [0, 0.1) is 5.92 Å². The van der Waals surface area contributed by atoms with E-state index in [0.717, 1.165) is 57.7 Å². The summed E-state index contributed by atoms with van der Waals surface area (Å²) in [5.41, 5.74) is 2.50. The first-order valence-electron chi connectivity index (χ1n) is 9.94. The van der Waals surface area contributed by atoms with Crippen molar-refractivity contribution in [2.45, 2.75) is 32.7 Å². The summed E-state index contributed by atoms with van der Waals surface area (Å²) >= 11 is 0. The van der Waals surface area contributed by atoms with Crippen LogP contribution in [0.3, 0.4) is 0 Å². The van der Waals surface area contributed by atoms with Gasteiger partial charge in [-0.1, -0.05) is 24.3 Å². The van der Waals surface area contributed by atoms with E-state index in [2.05, 4.69) is 58.9 Å². The maximum absolute atomic E-state index is 5.67. The monoisotopic (exact) mass is 484 g/mol. The fraction of sp³-hybridized carbons (Fsp3) is 0.571. The summed E-state index contributed by atoms with van der Waals surface area (Å²) in [5.74, 6) is 1.72. The quantitative estimate of drug-likeness (QED) is 0.175. The van der Waals surface area contributed by atoms with Crippen molar-refractivity contribution in [2.75, 3.05) is 44.3 Å². The van der Waals surface area contributed by atoms with Gasteiger partial charge in [0.25, 0.3) is 0 Å². The smallest absolute Gasteiger partial charge is 0.191 e. The van der Waals surface area contributed by atoms with Gasteiger partial charge in [-0.05, 0) is 49.8 Å². The van der Waals surface area contributed by atoms with Crippen molar-refractivity contribution in [3.8, 4) is 0 Å². The molecular formula is C21H33IN4O. The normalized spacial score (nSPS) is 16.3. The number of benzene rings is 1. The molecule has 5 nitrogen and oxygen atoms in total. The Balaban J connectivity index is 0.00000261. The van der Waals surface area contributed by atoms with Gasteiger partial charge in [0.2, 0.25) is 0 Å². The van der Waals surface area contributed by atoms with Crippen LogP contribution in [0.25, 0.3) is 0 Å². The minimum atomic E-state index is 0. The zero-order chi connectivity index (χ0) is 18.0. The molecule has 0 spiro atoms. The van der Waals surface area contributed by atoms with Crippen molar-refractivity contribution < 1.29 is 4.74 Å². The van der Waals surface area contributed by atoms with Crippen LogP contribution >= 0.6 is 24.0 Å². The lowest BCUT2D eigenvalue weighted by Gasteiger charge is -2.17. The van der Waals surface area contributed by atoms with E-state index in [1.54, 1.807) is 0 Å². The van der Waals surface area contributed by atoms with E-state index in [1.807, 2.05) is 0 Å². The molecule has 0 bridgehead atoms. The number of nitrogens with zero attached hydrogens (tertiary/aromatic N) is 2. The highest BCUT2D eigenvalue weighted by molar-refractivity contribution is 14.0. The molecule has 1 saturated carbocycles. The third-order valence-electron chi connectivity index (χ3n) is 4.69. The molecule has 150 valence electrons. The minimum Gasteiger partial charge on any atom is -0.381 e. The summed E-state index contributed by atoms with van der Waals surface area (Å²) in [7, 11) is 0. The van der Waals surface area contributed by atoms with Crippen molar-refractivity contribution in [2.24, 2.45) is 10.9 Å². The maximum Gasteiger partial charge on any atom is 0.191 e. The van der Waals surface area contributed by atoms with Crippen molar-refractivity contribution in [3.63, 3.8) is 0 Å². The Hall–Kier alpha value is -1.28. The number of anilines is 1. The lowest BCUT2D eigenvalue weighted by Crippen LogP contribution is -2.38. The average molecular weight is 484 g/mol. The zero-order valence-corrected chi connectivity index (χ0v) is 18.7. The molecule has 0 saturated heterocycles. The number of rotatable bonds is 10. The van der Waals surface area contributed by atoms with Crippen LogP contribution in [-0.4, -0.2) is 45.4 Å². The number of nitrogens with one attached hydrogen (secondary N) is 2. The Morgan fingerprint density at radius 3 is 2.56 bits per heavy atom. The minimum absolute atomic E-state index is 0. The fourth-order valence-corrected chi connectivity index (χ4v) is 2.93. The molecule has 0 amide bonds. The summed E-state index contributed by atoms with van der Waals surface area (Å²) in [4.78, 5) is 7.05. The molecule has 27 heavy (non-hydrogen) atoms. The summed E-state index contributed by atoms with van der Waals surface area (Å²) in [5, 5.41) is 6.70. The molecule has 2 aliphatic rings. The lowest BCUT2D eigenvalue weighted by atomic mass is 10.2. The van der Waals surface area contributed by atoms with Crippen LogP contribution in [-0.2, 0) is 11.3 Å². The molecule has 3 rings (SSSR count). The van der Waals surface area contributed by atoms with Gasteiger partial charge in [0.05, 0.1) is 6.54 Å². The van der Waals surface area contributed by atoms with Crippen molar-refractivity contribution in [3.05, 3.63) is 42.0 Å². The Kier molecular flexibility index (Phi) is 9.97. The van der Waals surface area contributed by atoms with Gasteiger partial charge >= 0.3 is 0 Å². The highest BCUT2D eigenvalue weighted by Gasteiger charge is 2.20. The van der Waals surface area contributed by atoms with Crippen LogP contribution in [0.5, 0.6) is 0 Å². The summed E-state index contributed by atoms with van der Waals surface area (Å²) in [6, 6.07) is 8.73. The number of ether oxygens (including phenoxy) is 1. The van der Waals surface area contributed by atoms with Gasteiger partial charge in [-0.2, -0.15) is 0 Å². The summed E-state index contributed by atoms with van der Waals surface area (Å²) < 4.78 is 5.67. The number of guanidine groups is 1. The third kappa shape index (κ3) is 8.09. The fourth-order valence-electron chi connectivity index (χ4n) is 2.93. The lowest BCUT2D eigenvalue weighted by molar-refractivity contribution is 0.123. The molecule has 1 aliphatic carbocycles. The summed E-state index contributed by atoms with van der Waals surface area (Å²) in [6.07, 6.45) is 8.14. The molecule has 1 heterocycles. The molecular weight excluding hydrogens is 451 g/mol. The zero-order valence-electron chi connectivity index (χ0n) is 16.3. The molecule has 0 atom stereocenters. The standard InChI is InChI=1S/C21H32N4O.HI/c1-2-22-21(23-12-5-15-26-17-19-6-7-19)24-16-18-8-10-20(11-9-18)25-13-3-4-14-25;/h3-4,8-11,19H,2,5-7,12-17H2,1H3,(H2,22,23,24);1H. The van der Waals surface area contributed by atoms with Gasteiger partial charge < -0.3 is 20.3 Å². The van der Waals surface area contributed by atoms with E-state index in [-0.39, 0.29) is 24.0 Å². The Labute approximate surface area is 180 Å². The van der Waals surface area contributed by atoms with Crippen molar-refractivity contribution >= 4 is 35.6 Å². The second kappa shape index (κ2) is 12.2. The average Bonchev–Trinajstić information content (AvgIpc) is 3.33. The Morgan fingerprint density at radius 1 is 1.15 bits per heavy atom. The molecule has 0 aromatic heterocycles. The van der Waals surface area contributed by atoms with E-state index in [4.69, 9.17) is 9.73 Å². The van der Waals surface area contributed by atoms with Gasteiger partial charge in [-0.15, -0.1) is 24.0 Å². The largest absolute Gasteiger partial charge is 0.381 e. The third-order valence-corrected chi connectivity index (χ3v) is 4.69. The summed E-state index contributed by atoms with van der Waals surface area (Å²) in [6.45, 7) is 8.32. The number of aliphatic imine (C=N–C) groups is 1. The number of halogens is 1. The topological polar surface area (TPSA) is 48.9 Å². The SMILES string of the molecule is CCNC(=NCc1ccc(N2CC=CC2)cc1)NCCCOCC1CC1.I. The van der Waals surface area contributed by atoms with Crippen LogP contribution in [0.4, 0.5) is 5.69 Å². The van der Waals surface area contributed by atoms with E-state index in [0.29, 0.717) is 6.54 Å². The van der Waals surface area contributed by atoms with Gasteiger partial charge in [0.15, 0.2) is 5.96 Å². The van der Waals surface area contributed by atoms with Gasteiger partial charge in [0, 0.05) is 45.1 Å². The highest BCUT2D eigenvalue weighted by Crippen LogP contribution is 2.28. The van der Waals surface area contributed by atoms with E-state index in [9.17, 15) is 0 Å². The molecule has 0 radical (unpaired) electrons. The van der Waals surface area contributed by atoms with Gasteiger partial charge in [-0.3, -0.25) is 0 Å². The second-order valence-electron chi connectivity index (χ2n) is 7.04.